The molecule has 0 aliphatic carbocycles. The van der Waals surface area contributed by atoms with E-state index in [0.29, 0.717) is 0 Å². The van der Waals surface area contributed by atoms with Gasteiger partial charge in [0, 0.05) is 37.9 Å². The van der Waals surface area contributed by atoms with Crippen LogP contribution in [0.2, 0.25) is 0 Å². The Hall–Kier alpha value is -7.83. The van der Waals surface area contributed by atoms with Crippen LogP contribution >= 0.6 is 0 Å². The summed E-state index contributed by atoms with van der Waals surface area (Å²) in [5.41, 5.74) is -3.22. The van der Waals surface area contributed by atoms with Crippen LogP contribution in [0.15, 0.2) is 194 Å². The summed E-state index contributed by atoms with van der Waals surface area (Å²) in [5, 5.41) is -2.17. The number of aromatic nitrogens is 6. The van der Waals surface area contributed by atoms with Crippen LogP contribution in [0.25, 0.3) is 106 Å². The van der Waals surface area contributed by atoms with E-state index in [-0.39, 0.29) is 60.6 Å². The van der Waals surface area contributed by atoms with Gasteiger partial charge in [0.15, 0.2) is 11.6 Å². The average molecular weight is 753 g/mol. The molecule has 0 fully saturated rings. The molecule has 57 heavy (non-hydrogen) atoms. The Morgan fingerprint density at radius 1 is 0.333 bits per heavy atom. The van der Waals surface area contributed by atoms with E-state index >= 15 is 0 Å². The zero-order chi connectivity index (χ0) is 58.3. The summed E-state index contributed by atoms with van der Waals surface area (Å²) in [6, 6.07) is -5.88. The van der Waals surface area contributed by atoms with Gasteiger partial charge in [-0.2, -0.15) is 9.97 Å². The van der Waals surface area contributed by atoms with Crippen molar-refractivity contribution in [2.75, 3.05) is 0 Å². The molecule has 0 unspecified atom stereocenters. The monoisotopic (exact) mass is 752 g/mol. The minimum Gasteiger partial charge on any atom is -0.308 e. The fourth-order valence-corrected chi connectivity index (χ4v) is 7.37. The Labute approximate surface area is 360 Å². The zero-order valence-corrected chi connectivity index (χ0v) is 28.8. The molecule has 6 nitrogen and oxygen atoms in total. The molecule has 0 radical (unpaired) electrons. The SMILES string of the molecule is [2H]c1c([2H])c([2H])c2c(c1[2H])c1c([2H])c([2H])c([2H])c([2H])c1n2-c1nc(-c2ccccc2)nc(-c2c(-n3c4c([2H])c([2H])c([2H])c([2H])c4c4c([2H])c([2H])c([2H])c([2H])c43)cccc2-n2c3c([2H])c([2H])c([2H])c([2H])c3c3c([2H])c([2H])c([2H])c([2H])c32)n1. The highest BCUT2D eigenvalue weighted by Crippen LogP contribution is 2.42. The van der Waals surface area contributed by atoms with Crippen LogP contribution < -0.4 is 0 Å². The maximum Gasteiger partial charge on any atom is 0.238 e. The molecule has 266 valence electrons. The van der Waals surface area contributed by atoms with Gasteiger partial charge in [-0.1, -0.05) is 145 Å². The lowest BCUT2D eigenvalue weighted by atomic mass is 10.1. The number of para-hydroxylation sites is 6. The maximum absolute atomic E-state index is 9.47. The molecule has 12 rings (SSSR count). The predicted octanol–water partition coefficient (Wildman–Crippen LogP) is 12.5. The third-order valence-corrected chi connectivity index (χ3v) is 9.68. The van der Waals surface area contributed by atoms with Crippen LogP contribution in [0.4, 0.5) is 0 Å². The van der Waals surface area contributed by atoms with Crippen molar-refractivity contribution < 1.29 is 32.9 Å². The summed E-state index contributed by atoms with van der Waals surface area (Å²) in [7, 11) is 0. The lowest BCUT2D eigenvalue weighted by Gasteiger charge is -2.20. The lowest BCUT2D eigenvalue weighted by Crippen LogP contribution is -2.10. The van der Waals surface area contributed by atoms with Crippen LogP contribution in [-0.4, -0.2) is 28.7 Å². The minimum atomic E-state index is -0.798. The van der Waals surface area contributed by atoms with Crippen molar-refractivity contribution in [3.8, 4) is 40.1 Å². The molecule has 4 aromatic heterocycles. The first kappa shape index (κ1) is 16.1. The van der Waals surface area contributed by atoms with Crippen molar-refractivity contribution in [3.63, 3.8) is 0 Å². The average Bonchev–Trinajstić information content (AvgIpc) is 3.76. The quantitative estimate of drug-likeness (QED) is 0.176. The lowest BCUT2D eigenvalue weighted by molar-refractivity contribution is 0.949. The molecule has 0 saturated heterocycles. The molecule has 0 saturated carbocycles. The second-order valence-electron chi connectivity index (χ2n) is 12.7. The van der Waals surface area contributed by atoms with Gasteiger partial charge in [0.1, 0.15) is 0 Å². The molecule has 4 heterocycles. The molecule has 0 spiro atoms. The fourth-order valence-electron chi connectivity index (χ4n) is 7.37. The van der Waals surface area contributed by atoms with Crippen LogP contribution in [0.5, 0.6) is 0 Å². The van der Waals surface area contributed by atoms with E-state index in [0.717, 1.165) is 13.7 Å². The van der Waals surface area contributed by atoms with E-state index in [1.807, 2.05) is 0 Å². The smallest absolute Gasteiger partial charge is 0.238 e. The first-order valence-corrected chi connectivity index (χ1v) is 17.3. The van der Waals surface area contributed by atoms with Gasteiger partial charge < -0.3 is 9.13 Å². The van der Waals surface area contributed by atoms with Crippen LogP contribution in [-0.2, 0) is 0 Å². The number of hydrogen-bond acceptors (Lipinski definition) is 3. The standard InChI is InChI=1S/C51H32N6/c1-2-17-33(18-3-1)49-52-50(54-51(53-49)57-44-29-14-8-23-38(44)39-24-9-15-30-45(39)57)48-46(55-40-25-10-4-19-34(40)35-20-5-11-26-41(35)55)31-16-32-47(48)56-42-27-12-6-21-36(42)37-22-7-13-28-43(37)56/h1-32H/i4D,5D,6D,7D,8D,9D,10D,11D,12D,13D,14D,15D,19D,20D,21D,22D,23D,24D,25D,26D,27D,28D,29D,30D. The van der Waals surface area contributed by atoms with Gasteiger partial charge in [-0.15, -0.1) is 0 Å². The molecule has 0 amide bonds. The molecule has 0 atom stereocenters. The molecule has 6 heteroatoms. The Morgan fingerprint density at radius 2 is 0.684 bits per heavy atom. The molecule has 8 aromatic carbocycles. The summed E-state index contributed by atoms with van der Waals surface area (Å²) in [6.07, 6.45) is 0. The second-order valence-corrected chi connectivity index (χ2v) is 12.7. The normalized spacial score (nSPS) is 17.8. The van der Waals surface area contributed by atoms with Crippen molar-refractivity contribution in [3.05, 3.63) is 194 Å². The fraction of sp³-hybridized carbons (Fsp3) is 0. The van der Waals surface area contributed by atoms with Gasteiger partial charge in [-0.3, -0.25) is 4.57 Å². The molecule has 0 aliphatic rings. The van der Waals surface area contributed by atoms with Crippen LogP contribution in [0.3, 0.4) is 0 Å². The van der Waals surface area contributed by atoms with Gasteiger partial charge in [-0.25, -0.2) is 4.98 Å². The van der Waals surface area contributed by atoms with Crippen molar-refractivity contribution in [1.29, 1.82) is 0 Å². The highest BCUT2D eigenvalue weighted by Gasteiger charge is 2.25. The van der Waals surface area contributed by atoms with Crippen molar-refractivity contribution >= 4 is 65.4 Å². The minimum absolute atomic E-state index is 0.228. The van der Waals surface area contributed by atoms with E-state index in [2.05, 4.69) is 0 Å². The zero-order valence-electron chi connectivity index (χ0n) is 52.8. The van der Waals surface area contributed by atoms with E-state index in [4.69, 9.17) is 34.1 Å². The summed E-state index contributed by atoms with van der Waals surface area (Å²) in [4.78, 5) is 14.7. The van der Waals surface area contributed by atoms with E-state index < -0.39 is 190 Å². The summed E-state index contributed by atoms with van der Waals surface area (Å²) in [5.74, 6) is -1.36. The Bertz CT molecular complexity index is 4520. The Kier molecular flexibility index (Phi) is 3.49. The van der Waals surface area contributed by atoms with Crippen molar-refractivity contribution in [2.45, 2.75) is 0 Å². The Morgan fingerprint density at radius 3 is 1.09 bits per heavy atom. The molecule has 12 aromatic rings. The molecule has 0 aliphatic heterocycles. The molecule has 0 N–H and O–H groups in total. The van der Waals surface area contributed by atoms with Gasteiger partial charge in [0.25, 0.3) is 0 Å². The van der Waals surface area contributed by atoms with Crippen molar-refractivity contribution in [1.82, 2.24) is 28.7 Å². The number of rotatable bonds is 5. The number of nitrogens with zero attached hydrogens (tertiary/aromatic N) is 6. The maximum atomic E-state index is 9.47. The Balaban J connectivity index is 1.40. The van der Waals surface area contributed by atoms with Gasteiger partial charge in [0.05, 0.1) is 82.9 Å². The number of hydrogen-bond donors (Lipinski definition) is 0. The summed E-state index contributed by atoms with van der Waals surface area (Å²) in [6.45, 7) is 0. The van der Waals surface area contributed by atoms with Gasteiger partial charge >= 0.3 is 0 Å². The molecular formula is C51H32N6. The number of benzene rings is 8. The molecular weight excluding hydrogens is 697 g/mol. The summed E-state index contributed by atoms with van der Waals surface area (Å²) >= 11 is 0. The van der Waals surface area contributed by atoms with Crippen molar-refractivity contribution in [2.24, 2.45) is 0 Å². The van der Waals surface area contributed by atoms with Gasteiger partial charge in [0.2, 0.25) is 5.95 Å². The van der Waals surface area contributed by atoms with E-state index in [1.54, 1.807) is 30.3 Å². The summed E-state index contributed by atoms with van der Waals surface area (Å²) < 4.78 is 221. The number of fused-ring (bicyclic) bond motifs is 9. The van der Waals surface area contributed by atoms with Crippen LogP contribution in [0, 0.1) is 0 Å². The highest BCUT2D eigenvalue weighted by atomic mass is 15.2. The van der Waals surface area contributed by atoms with Gasteiger partial charge in [-0.05, 0) is 48.4 Å². The predicted molar refractivity (Wildman–Crippen MR) is 234 cm³/mol. The van der Waals surface area contributed by atoms with E-state index in [9.17, 15) is 13.7 Å². The third kappa shape index (κ3) is 4.68. The highest BCUT2D eigenvalue weighted by molar-refractivity contribution is 6.12. The topological polar surface area (TPSA) is 53.5 Å². The molecule has 0 bridgehead atoms. The third-order valence-electron chi connectivity index (χ3n) is 9.68. The largest absolute Gasteiger partial charge is 0.308 e. The first-order valence-electron chi connectivity index (χ1n) is 29.3. The van der Waals surface area contributed by atoms with Crippen LogP contribution in [0.1, 0.15) is 32.9 Å². The second kappa shape index (κ2) is 12.3. The first-order chi connectivity index (χ1) is 38.3. The van der Waals surface area contributed by atoms with E-state index in [1.165, 1.54) is 18.2 Å².